The van der Waals surface area contributed by atoms with Gasteiger partial charge in [0.2, 0.25) is 15.9 Å². The van der Waals surface area contributed by atoms with Gasteiger partial charge in [-0.05, 0) is 24.6 Å². The minimum atomic E-state index is -4.09. The van der Waals surface area contributed by atoms with Crippen LogP contribution in [0.1, 0.15) is 13.3 Å². The Labute approximate surface area is 151 Å². The van der Waals surface area contributed by atoms with Gasteiger partial charge in [-0.3, -0.25) is 4.79 Å². The second-order valence-corrected chi connectivity index (χ2v) is 10.2. The van der Waals surface area contributed by atoms with Crippen LogP contribution in [0.5, 0.6) is 0 Å². The lowest BCUT2D eigenvalue weighted by molar-refractivity contribution is -0.121. The van der Waals surface area contributed by atoms with Crippen LogP contribution in [0.25, 0.3) is 0 Å². The monoisotopic (exact) mass is 412 g/mol. The number of hydrogen-bond donors (Lipinski definition) is 1. The van der Waals surface area contributed by atoms with E-state index >= 15 is 0 Å². The van der Waals surface area contributed by atoms with Crippen molar-refractivity contribution in [3.05, 3.63) is 29.0 Å². The predicted molar refractivity (Wildman–Crippen MR) is 91.0 cm³/mol. The van der Waals surface area contributed by atoms with E-state index in [2.05, 4.69) is 5.32 Å². The smallest absolute Gasteiger partial charge is 0.245 e. The molecule has 1 aromatic carbocycles. The normalized spacial score (nSPS) is 19.9. The molecule has 0 aliphatic carbocycles. The van der Waals surface area contributed by atoms with E-state index in [1.165, 1.54) is 0 Å². The Hall–Kier alpha value is -1.23. The van der Waals surface area contributed by atoms with Crippen LogP contribution in [0.3, 0.4) is 0 Å². The lowest BCUT2D eigenvalue weighted by Crippen LogP contribution is -2.44. The van der Waals surface area contributed by atoms with E-state index in [1.807, 2.05) is 0 Å². The molecular weight excluding hydrogens is 395 g/mol. The maximum Gasteiger partial charge on any atom is 0.245 e. The quantitative estimate of drug-likeness (QED) is 0.744. The van der Waals surface area contributed by atoms with Crippen LogP contribution in [-0.2, 0) is 24.7 Å². The van der Waals surface area contributed by atoms with Gasteiger partial charge in [-0.2, -0.15) is 4.31 Å². The van der Waals surface area contributed by atoms with Crippen LogP contribution in [0.15, 0.2) is 23.1 Å². The van der Waals surface area contributed by atoms with Crippen LogP contribution >= 0.6 is 11.6 Å². The molecule has 0 radical (unpaired) electrons. The zero-order chi connectivity index (χ0) is 18.8. The summed E-state index contributed by atoms with van der Waals surface area (Å²) < 4.78 is 62.0. The fourth-order valence-electron chi connectivity index (χ4n) is 2.53. The minimum absolute atomic E-state index is 0.00107. The molecule has 1 aromatic rings. The summed E-state index contributed by atoms with van der Waals surface area (Å²) in [5, 5.41) is 2.25. The first-order valence-electron chi connectivity index (χ1n) is 7.50. The zero-order valence-corrected chi connectivity index (χ0v) is 15.8. The standard InChI is InChI=1S/C14H18ClFN2O5S2/c1-2-18(8-14(19)17-11-5-6-24(20,21)9-11)25(22,23)13-4-3-10(16)7-12(13)15/h3-4,7,11H,2,5-6,8-9H2,1H3,(H,17,19)/t11-/m1/s1. The molecule has 1 aliphatic heterocycles. The number of likely N-dealkylation sites (N-methyl/N-ethyl adjacent to an activating group) is 1. The summed E-state index contributed by atoms with van der Waals surface area (Å²) in [4.78, 5) is 11.8. The van der Waals surface area contributed by atoms with Gasteiger partial charge < -0.3 is 5.32 Å². The van der Waals surface area contributed by atoms with E-state index < -0.39 is 44.2 Å². The Balaban J connectivity index is 2.11. The van der Waals surface area contributed by atoms with Gasteiger partial charge in [0.15, 0.2) is 9.84 Å². The first-order valence-corrected chi connectivity index (χ1v) is 11.1. The molecule has 1 saturated heterocycles. The number of amides is 1. The van der Waals surface area contributed by atoms with Gasteiger partial charge in [-0.15, -0.1) is 0 Å². The number of sulfone groups is 1. The van der Waals surface area contributed by atoms with Crippen molar-refractivity contribution in [1.82, 2.24) is 9.62 Å². The van der Waals surface area contributed by atoms with Gasteiger partial charge in [-0.1, -0.05) is 18.5 Å². The molecule has 0 spiro atoms. The molecule has 0 bridgehead atoms. The maximum atomic E-state index is 13.1. The summed E-state index contributed by atoms with van der Waals surface area (Å²) in [7, 11) is -7.25. The number of halogens is 2. The molecule has 1 atom stereocenters. The number of rotatable bonds is 6. The molecule has 25 heavy (non-hydrogen) atoms. The van der Waals surface area contributed by atoms with Crippen molar-refractivity contribution in [3.8, 4) is 0 Å². The molecule has 1 aliphatic rings. The van der Waals surface area contributed by atoms with Crippen molar-refractivity contribution in [3.63, 3.8) is 0 Å². The predicted octanol–water partition coefficient (Wildman–Crippen LogP) is 0.793. The Bertz CT molecular complexity index is 873. The summed E-state index contributed by atoms with van der Waals surface area (Å²) in [6, 6.07) is 2.37. The van der Waals surface area contributed by atoms with Gasteiger partial charge in [0.25, 0.3) is 0 Å². The Morgan fingerprint density at radius 1 is 1.44 bits per heavy atom. The number of benzene rings is 1. The van der Waals surface area contributed by atoms with E-state index in [-0.39, 0.29) is 28.0 Å². The van der Waals surface area contributed by atoms with E-state index in [1.54, 1.807) is 6.92 Å². The number of nitrogens with one attached hydrogen (secondary N) is 1. The van der Waals surface area contributed by atoms with Crippen molar-refractivity contribution < 1.29 is 26.0 Å². The second-order valence-electron chi connectivity index (χ2n) is 5.67. The van der Waals surface area contributed by atoms with Gasteiger partial charge in [0.05, 0.1) is 23.1 Å². The molecule has 1 N–H and O–H groups in total. The average Bonchev–Trinajstić information content (AvgIpc) is 2.82. The van der Waals surface area contributed by atoms with E-state index in [4.69, 9.17) is 11.6 Å². The number of carbonyl (C=O) groups is 1. The Kier molecular flexibility index (Phi) is 6.08. The maximum absolute atomic E-state index is 13.1. The van der Waals surface area contributed by atoms with Crippen LogP contribution in [0.2, 0.25) is 5.02 Å². The van der Waals surface area contributed by atoms with Crippen molar-refractivity contribution in [1.29, 1.82) is 0 Å². The highest BCUT2D eigenvalue weighted by Crippen LogP contribution is 2.25. The molecule has 7 nitrogen and oxygen atoms in total. The molecule has 0 aromatic heterocycles. The topological polar surface area (TPSA) is 101 Å². The summed E-state index contributed by atoms with van der Waals surface area (Å²) >= 11 is 5.81. The van der Waals surface area contributed by atoms with Crippen molar-refractivity contribution >= 4 is 37.4 Å². The highest BCUT2D eigenvalue weighted by Gasteiger charge is 2.31. The first kappa shape index (κ1) is 20.1. The highest BCUT2D eigenvalue weighted by molar-refractivity contribution is 7.91. The van der Waals surface area contributed by atoms with Gasteiger partial charge in [0, 0.05) is 12.6 Å². The van der Waals surface area contributed by atoms with E-state index in [0.717, 1.165) is 22.5 Å². The Morgan fingerprint density at radius 3 is 2.64 bits per heavy atom. The van der Waals surface area contributed by atoms with Crippen LogP contribution in [-0.4, -0.2) is 57.7 Å². The molecule has 1 amide bonds. The molecule has 1 heterocycles. The number of carbonyl (C=O) groups excluding carboxylic acids is 1. The number of sulfonamides is 1. The van der Waals surface area contributed by atoms with E-state index in [9.17, 15) is 26.0 Å². The Morgan fingerprint density at radius 2 is 2.12 bits per heavy atom. The number of hydrogen-bond acceptors (Lipinski definition) is 5. The third kappa shape index (κ3) is 4.90. The highest BCUT2D eigenvalue weighted by atomic mass is 35.5. The zero-order valence-electron chi connectivity index (χ0n) is 13.4. The largest absolute Gasteiger partial charge is 0.351 e. The van der Waals surface area contributed by atoms with Crippen molar-refractivity contribution in [2.45, 2.75) is 24.3 Å². The third-order valence-electron chi connectivity index (χ3n) is 3.78. The van der Waals surface area contributed by atoms with Crippen molar-refractivity contribution in [2.75, 3.05) is 24.6 Å². The molecule has 2 rings (SSSR count). The minimum Gasteiger partial charge on any atom is -0.351 e. The van der Waals surface area contributed by atoms with Crippen LogP contribution in [0, 0.1) is 5.82 Å². The van der Waals surface area contributed by atoms with Crippen molar-refractivity contribution in [2.24, 2.45) is 0 Å². The fourth-order valence-corrected chi connectivity index (χ4v) is 6.12. The average molecular weight is 413 g/mol. The lowest BCUT2D eigenvalue weighted by atomic mass is 10.2. The summed E-state index contributed by atoms with van der Waals surface area (Å²) in [6.07, 6.45) is 0.302. The van der Waals surface area contributed by atoms with Gasteiger partial charge in [-0.25, -0.2) is 21.2 Å². The molecular formula is C14H18ClFN2O5S2. The molecule has 0 saturated carbocycles. The first-order chi connectivity index (χ1) is 11.5. The summed E-state index contributed by atoms with van der Waals surface area (Å²) in [5.41, 5.74) is 0. The van der Waals surface area contributed by atoms with Gasteiger partial charge >= 0.3 is 0 Å². The fraction of sp³-hybridized carbons (Fsp3) is 0.500. The van der Waals surface area contributed by atoms with Gasteiger partial charge in [0.1, 0.15) is 10.7 Å². The molecule has 0 unspecified atom stereocenters. The molecule has 11 heteroatoms. The lowest BCUT2D eigenvalue weighted by Gasteiger charge is -2.21. The molecule has 140 valence electrons. The second kappa shape index (κ2) is 7.56. The SMILES string of the molecule is CCN(CC(=O)N[C@@H]1CCS(=O)(=O)C1)S(=O)(=O)c1ccc(F)cc1Cl. The molecule has 1 fully saturated rings. The van der Waals surface area contributed by atoms with E-state index in [0.29, 0.717) is 6.42 Å². The van der Waals surface area contributed by atoms with Crippen LogP contribution < -0.4 is 5.32 Å². The number of nitrogens with zero attached hydrogens (tertiary/aromatic N) is 1. The third-order valence-corrected chi connectivity index (χ3v) is 7.95. The summed E-state index contributed by atoms with van der Waals surface area (Å²) in [6.45, 7) is 1.05. The summed E-state index contributed by atoms with van der Waals surface area (Å²) in [5.74, 6) is -1.43. The van der Waals surface area contributed by atoms with Crippen LogP contribution in [0.4, 0.5) is 4.39 Å².